The molecule has 8 nitrogen and oxygen atoms in total. The fourth-order valence-corrected chi connectivity index (χ4v) is 7.91. The minimum atomic E-state index is -1.06. The van der Waals surface area contributed by atoms with Gasteiger partial charge in [-0.25, -0.2) is 9.59 Å². The molecule has 19 heteroatoms. The van der Waals surface area contributed by atoms with Crippen LogP contribution in [0.2, 0.25) is 35.2 Å². The van der Waals surface area contributed by atoms with Crippen molar-refractivity contribution in [1.82, 2.24) is 15.0 Å². The van der Waals surface area contributed by atoms with Crippen molar-refractivity contribution < 1.29 is 19.8 Å². The smallest absolute Gasteiger partial charge is 0.338 e. The molecule has 0 fully saturated rings. The number of fused-ring (bicyclic) bond motifs is 2. The van der Waals surface area contributed by atoms with E-state index in [2.05, 4.69) is 27.6 Å². The lowest BCUT2D eigenvalue weighted by molar-refractivity contribution is 0.0683. The van der Waals surface area contributed by atoms with Gasteiger partial charge in [-0.3, -0.25) is 19.7 Å². The first-order valence-corrected chi connectivity index (χ1v) is 19.3. The molecular weight excluding hydrogens is 934 g/mol. The predicted molar refractivity (Wildman–Crippen MR) is 232 cm³/mol. The molecule has 4 aromatic heterocycles. The lowest BCUT2D eigenvalue weighted by Gasteiger charge is -2.07. The molecule has 0 radical (unpaired) electrons. The van der Waals surface area contributed by atoms with E-state index >= 15 is 0 Å². The Balaban J connectivity index is 0.000000204. The second-order valence-electron chi connectivity index (χ2n) is 10.1. The summed E-state index contributed by atoms with van der Waals surface area (Å²) in [6, 6.07) is 18.4. The third kappa shape index (κ3) is 13.0. The van der Waals surface area contributed by atoms with Crippen molar-refractivity contribution in [1.29, 1.82) is 0 Å². The molecule has 3 aromatic carbocycles. The Morgan fingerprint density at radius 3 is 1.76 bits per heavy atom. The number of hydrogen-bond acceptors (Lipinski definition) is 9. The first-order chi connectivity index (χ1) is 25.7. The van der Waals surface area contributed by atoms with Crippen LogP contribution in [0.4, 0.5) is 0 Å². The van der Waals surface area contributed by atoms with Gasteiger partial charge in [0.05, 0.1) is 51.7 Å². The van der Waals surface area contributed by atoms with E-state index in [9.17, 15) is 14.4 Å². The van der Waals surface area contributed by atoms with Crippen molar-refractivity contribution in [2.45, 2.75) is 14.7 Å². The molecule has 0 saturated carbocycles. The number of benzene rings is 3. The van der Waals surface area contributed by atoms with Gasteiger partial charge in [0.1, 0.15) is 0 Å². The Kier molecular flexibility index (Phi) is 18.6. The van der Waals surface area contributed by atoms with E-state index in [4.69, 9.17) is 91.4 Å². The number of thiol groups is 1. The molecule has 0 saturated heterocycles. The fraction of sp³-hybridized carbons (Fsp3) is 0. The zero-order valence-corrected chi connectivity index (χ0v) is 35.7. The molecule has 7 aromatic rings. The number of aromatic carboxylic acids is 2. The molecule has 2 N–H and O–H groups in total. The summed E-state index contributed by atoms with van der Waals surface area (Å²) in [7, 11) is 0. The van der Waals surface area contributed by atoms with Crippen LogP contribution in [-0.2, 0) is 0 Å². The van der Waals surface area contributed by atoms with Gasteiger partial charge in [-0.15, -0.1) is 36.4 Å². The number of carboxylic acid groups (broad SMARTS) is 2. The van der Waals surface area contributed by atoms with Crippen LogP contribution in [0.15, 0.2) is 123 Å². The number of aromatic nitrogens is 3. The van der Waals surface area contributed by atoms with Gasteiger partial charge in [-0.05, 0) is 66.7 Å². The number of rotatable bonds is 4. The van der Waals surface area contributed by atoms with E-state index in [1.54, 1.807) is 73.1 Å². The summed E-state index contributed by atoms with van der Waals surface area (Å²) in [5.41, 5.74) is 0.0528. The van der Waals surface area contributed by atoms with Gasteiger partial charge < -0.3 is 10.2 Å². The molecule has 0 amide bonds. The zero-order chi connectivity index (χ0) is 39.5. The summed E-state index contributed by atoms with van der Waals surface area (Å²) in [5, 5.41) is 22.1. The molecule has 0 aliphatic carbocycles. The van der Waals surface area contributed by atoms with E-state index in [1.807, 2.05) is 0 Å². The molecule has 55 heavy (non-hydrogen) atoms. The summed E-state index contributed by atoms with van der Waals surface area (Å²) < 4.78 is 1.59. The highest BCUT2D eigenvalue weighted by atomic mass is 35.5. The van der Waals surface area contributed by atoms with Crippen LogP contribution in [0.3, 0.4) is 0 Å². The monoisotopic (exact) mass is 951 g/mol. The Morgan fingerprint density at radius 2 is 1.16 bits per heavy atom. The summed E-state index contributed by atoms with van der Waals surface area (Å²) in [6.07, 6.45) is 8.71. The third-order valence-electron chi connectivity index (χ3n) is 6.55. The van der Waals surface area contributed by atoms with Crippen molar-refractivity contribution in [2.24, 2.45) is 0 Å². The van der Waals surface area contributed by atoms with Crippen LogP contribution < -0.4 is 5.43 Å². The van der Waals surface area contributed by atoms with E-state index in [-0.39, 0.29) is 34.0 Å². The molecule has 0 spiro atoms. The van der Waals surface area contributed by atoms with Crippen molar-refractivity contribution in [3.8, 4) is 0 Å². The number of nitrogens with zero attached hydrogens (tertiary/aromatic N) is 3. The lowest BCUT2D eigenvalue weighted by Crippen LogP contribution is -2.02. The normalized spacial score (nSPS) is 10.1. The van der Waals surface area contributed by atoms with Crippen LogP contribution >= 0.6 is 129 Å². The van der Waals surface area contributed by atoms with Crippen molar-refractivity contribution in [3.63, 3.8) is 0 Å². The molecule has 7 rings (SSSR count). The van der Waals surface area contributed by atoms with Crippen LogP contribution in [0.25, 0.3) is 20.2 Å². The summed E-state index contributed by atoms with van der Waals surface area (Å²) in [5.74, 6) is -2.08. The molecular formula is C36H21Cl8N3O5S3. The summed E-state index contributed by atoms with van der Waals surface area (Å²) in [4.78, 5) is 47.0. The van der Waals surface area contributed by atoms with Crippen molar-refractivity contribution in [3.05, 3.63) is 160 Å². The van der Waals surface area contributed by atoms with E-state index in [0.717, 1.165) is 9.40 Å². The quantitative estimate of drug-likeness (QED) is 0.117. The fourth-order valence-electron chi connectivity index (χ4n) is 4.06. The zero-order valence-electron chi connectivity index (χ0n) is 27.1. The highest BCUT2D eigenvalue weighted by molar-refractivity contribution is 7.99. The maximum Gasteiger partial charge on any atom is 0.338 e. The standard InChI is InChI=1S/C12H7Cl2NO2S.C12H5Cl2NOS.C6H4Cl2S.C6H4ClNO2.ClH/c13-7-1-2-9(14)11(5-7)18-10-3-4-15-6-8(10)12(16)17;13-7-1-2-8(14)12-10(7)11(16)6-5-15-4-3-9(6)17-12;7-4-1-2-5(8)6(9)3-4;7-5-1-2-8-3-4(5)6(9)10;/h1-6H,(H,16,17);1-5H;1-3,9H;1-3H,(H,9,10);1H. The van der Waals surface area contributed by atoms with E-state index < -0.39 is 11.9 Å². The SMILES string of the molecule is Cl.O=C(O)c1cnccc1Cl.O=C(O)c1cnccc1Sc1cc(Cl)ccc1Cl.O=c1c2cnccc2sc2c(Cl)ccc(Cl)c12.Sc1cc(Cl)ccc1Cl. The van der Waals surface area contributed by atoms with Gasteiger partial charge in [-0.1, -0.05) is 93.0 Å². The first-order valence-electron chi connectivity index (χ1n) is 14.6. The molecule has 284 valence electrons. The first kappa shape index (κ1) is 46.3. The van der Waals surface area contributed by atoms with Crippen LogP contribution in [0, 0.1) is 0 Å². The number of pyridine rings is 3. The maximum atomic E-state index is 12.3. The number of carbonyl (C=O) groups is 2. The minimum Gasteiger partial charge on any atom is -0.478 e. The Hall–Kier alpha value is -3.04. The highest BCUT2D eigenvalue weighted by Gasteiger charge is 2.14. The van der Waals surface area contributed by atoms with Crippen LogP contribution in [0.1, 0.15) is 20.7 Å². The third-order valence-corrected chi connectivity index (χ3v) is 11.7. The van der Waals surface area contributed by atoms with Crippen molar-refractivity contribution in [2.75, 3.05) is 0 Å². The largest absolute Gasteiger partial charge is 0.478 e. The predicted octanol–water partition coefficient (Wildman–Crippen LogP) is 13.5. The molecule has 0 aliphatic heterocycles. The van der Waals surface area contributed by atoms with Gasteiger partial charge in [0.15, 0.2) is 5.43 Å². The number of halogens is 8. The summed E-state index contributed by atoms with van der Waals surface area (Å²) >= 11 is 47.6. The molecule has 0 atom stereocenters. The molecule has 0 aliphatic rings. The number of hydrogen-bond donors (Lipinski definition) is 3. The molecule has 0 bridgehead atoms. The van der Waals surface area contributed by atoms with E-state index in [1.165, 1.54) is 54.0 Å². The van der Waals surface area contributed by atoms with E-state index in [0.29, 0.717) is 55.6 Å². The van der Waals surface area contributed by atoms with Gasteiger partial charge >= 0.3 is 11.9 Å². The summed E-state index contributed by atoms with van der Waals surface area (Å²) in [6.45, 7) is 0. The Labute approximate surface area is 368 Å². The van der Waals surface area contributed by atoms with Gasteiger partial charge in [0, 0.05) is 66.6 Å². The van der Waals surface area contributed by atoms with Gasteiger partial charge in [-0.2, -0.15) is 0 Å². The van der Waals surface area contributed by atoms with Gasteiger partial charge in [0.2, 0.25) is 0 Å². The average molecular weight is 955 g/mol. The van der Waals surface area contributed by atoms with Crippen LogP contribution in [-0.4, -0.2) is 37.1 Å². The minimum absolute atomic E-state index is 0. The molecule has 0 unspecified atom stereocenters. The van der Waals surface area contributed by atoms with Gasteiger partial charge in [0.25, 0.3) is 0 Å². The second-order valence-corrected chi connectivity index (χ2v) is 15.7. The second kappa shape index (κ2) is 22.0. The Morgan fingerprint density at radius 1 is 0.618 bits per heavy atom. The van der Waals surface area contributed by atoms with Crippen molar-refractivity contribution >= 4 is 161 Å². The lowest BCUT2D eigenvalue weighted by atomic mass is 10.2. The Bertz CT molecular complexity index is 2550. The topological polar surface area (TPSA) is 130 Å². The van der Waals surface area contributed by atoms with Crippen LogP contribution in [0.5, 0.6) is 0 Å². The average Bonchev–Trinajstić information content (AvgIpc) is 3.14. The number of carboxylic acids is 2. The highest BCUT2D eigenvalue weighted by Crippen LogP contribution is 2.37. The molecule has 4 heterocycles. The maximum absolute atomic E-state index is 12.3.